The second kappa shape index (κ2) is 5.23. The van der Waals surface area contributed by atoms with Crippen LogP contribution < -0.4 is 0 Å². The molecule has 0 aromatic heterocycles. The second-order valence-electron chi connectivity index (χ2n) is 5.23. The maximum Gasteiger partial charge on any atom is 0 e. The Labute approximate surface area is 125 Å². The van der Waals surface area contributed by atoms with Gasteiger partial charge < -0.3 is 0 Å². The number of hydrogen-bond donors (Lipinski definition) is 0. The first kappa shape index (κ1) is 14.9. The summed E-state index contributed by atoms with van der Waals surface area (Å²) in [6, 6.07) is 0. The molecule has 0 fully saturated rings. The minimum Gasteiger partial charge on any atom is -0.266 e. The normalized spacial score (nSPS) is 28.4. The Morgan fingerprint density at radius 1 is 1.06 bits per heavy atom. The van der Waals surface area contributed by atoms with Crippen LogP contribution in [-0.2, 0) is 26.2 Å². The van der Waals surface area contributed by atoms with Crippen LogP contribution in [-0.4, -0.2) is 0 Å². The van der Waals surface area contributed by atoms with Crippen molar-refractivity contribution in [2.24, 2.45) is 11.8 Å². The summed E-state index contributed by atoms with van der Waals surface area (Å²) in [5.74, 6) is 1.05. The van der Waals surface area contributed by atoms with E-state index in [1.807, 2.05) is 0 Å². The third-order valence-corrected chi connectivity index (χ3v) is 4.07. The van der Waals surface area contributed by atoms with Crippen molar-refractivity contribution < 1.29 is 26.2 Å². The van der Waals surface area contributed by atoms with Gasteiger partial charge >= 0.3 is 0 Å². The molecule has 0 radical (unpaired) electrons. The van der Waals surface area contributed by atoms with Gasteiger partial charge in [0, 0.05) is 26.2 Å². The fourth-order valence-corrected chi connectivity index (χ4v) is 2.98. The molecule has 2 unspecified atom stereocenters. The van der Waals surface area contributed by atoms with Gasteiger partial charge in [-0.2, -0.15) is 11.1 Å². The summed E-state index contributed by atoms with van der Waals surface area (Å²) in [6.45, 7) is 13.5. The molecule has 0 heterocycles. The van der Waals surface area contributed by atoms with Gasteiger partial charge in [0.15, 0.2) is 0 Å². The minimum atomic E-state index is 0. The van der Waals surface area contributed by atoms with Gasteiger partial charge in [-0.05, 0) is 19.8 Å². The quantitative estimate of drug-likeness (QED) is 0.621. The first-order chi connectivity index (χ1) is 7.43. The number of rotatable bonds is 1. The number of allylic oxidation sites excluding steroid dienone is 8. The molecule has 0 amide bonds. The van der Waals surface area contributed by atoms with Gasteiger partial charge in [0.25, 0.3) is 0 Å². The second-order valence-corrected chi connectivity index (χ2v) is 5.23. The standard InChI is InChI=1S/C16H21.Zr/c1-9-7-11(3)15(13(9)5)16-12(4)8-10(2)14(16)6;/h7,10-11H,1-6H3;/q-1;. The summed E-state index contributed by atoms with van der Waals surface area (Å²) in [5.41, 5.74) is 8.75. The summed E-state index contributed by atoms with van der Waals surface area (Å²) in [7, 11) is 0. The molecule has 0 saturated heterocycles. The van der Waals surface area contributed by atoms with Crippen molar-refractivity contribution in [3.8, 4) is 0 Å². The molecular weight excluding hydrogens is 283 g/mol. The van der Waals surface area contributed by atoms with Gasteiger partial charge in [0.1, 0.15) is 0 Å². The summed E-state index contributed by atoms with van der Waals surface area (Å²) in [4.78, 5) is 0. The minimum absolute atomic E-state index is 0. The van der Waals surface area contributed by atoms with E-state index in [9.17, 15) is 0 Å². The van der Waals surface area contributed by atoms with Gasteiger partial charge in [0.05, 0.1) is 0 Å². The van der Waals surface area contributed by atoms with Crippen LogP contribution >= 0.6 is 0 Å². The van der Waals surface area contributed by atoms with Crippen LogP contribution in [0.3, 0.4) is 0 Å². The van der Waals surface area contributed by atoms with E-state index in [4.69, 9.17) is 0 Å². The molecule has 0 aromatic carbocycles. The summed E-state index contributed by atoms with van der Waals surface area (Å²) in [5, 5.41) is 0. The van der Waals surface area contributed by atoms with Crippen LogP contribution in [0.2, 0.25) is 0 Å². The summed E-state index contributed by atoms with van der Waals surface area (Å²) in [6.07, 6.45) is 5.91. The Hall–Kier alpha value is -0.157. The third-order valence-electron chi connectivity index (χ3n) is 4.07. The first-order valence-electron chi connectivity index (χ1n) is 6.14. The fourth-order valence-electron chi connectivity index (χ4n) is 2.98. The summed E-state index contributed by atoms with van der Waals surface area (Å²) < 4.78 is 0. The maximum atomic E-state index is 3.53. The Morgan fingerprint density at radius 3 is 2.00 bits per heavy atom. The van der Waals surface area contributed by atoms with Crippen LogP contribution in [0.5, 0.6) is 0 Å². The van der Waals surface area contributed by atoms with Crippen molar-refractivity contribution in [2.75, 3.05) is 0 Å². The maximum absolute atomic E-state index is 3.53. The third kappa shape index (κ3) is 2.36. The Bertz CT molecular complexity index is 458. The zero-order valence-electron chi connectivity index (χ0n) is 11.7. The molecule has 0 N–H and O–H groups in total. The van der Waals surface area contributed by atoms with Gasteiger partial charge in [0.2, 0.25) is 0 Å². The van der Waals surface area contributed by atoms with Crippen molar-refractivity contribution >= 4 is 0 Å². The zero-order chi connectivity index (χ0) is 12.0. The van der Waals surface area contributed by atoms with E-state index in [0.717, 1.165) is 0 Å². The molecule has 2 aliphatic carbocycles. The van der Waals surface area contributed by atoms with Gasteiger partial charge in [-0.25, -0.2) is 5.57 Å². The van der Waals surface area contributed by atoms with E-state index >= 15 is 0 Å². The summed E-state index contributed by atoms with van der Waals surface area (Å²) >= 11 is 0. The molecular formula is C16H21Zr-. The van der Waals surface area contributed by atoms with Crippen molar-refractivity contribution in [1.29, 1.82) is 0 Å². The number of hydrogen-bond acceptors (Lipinski definition) is 0. The van der Waals surface area contributed by atoms with Crippen LogP contribution in [0.1, 0.15) is 41.5 Å². The van der Waals surface area contributed by atoms with Crippen LogP contribution in [0, 0.1) is 17.9 Å². The zero-order valence-corrected chi connectivity index (χ0v) is 14.2. The topological polar surface area (TPSA) is 0 Å². The van der Waals surface area contributed by atoms with E-state index in [-0.39, 0.29) is 26.2 Å². The molecule has 90 valence electrons. The molecule has 17 heavy (non-hydrogen) atoms. The molecule has 0 nitrogen and oxygen atoms in total. The molecule has 0 bridgehead atoms. The van der Waals surface area contributed by atoms with Crippen LogP contribution in [0.25, 0.3) is 0 Å². The Morgan fingerprint density at radius 2 is 1.65 bits per heavy atom. The van der Waals surface area contributed by atoms with Crippen molar-refractivity contribution in [1.82, 2.24) is 0 Å². The van der Waals surface area contributed by atoms with Crippen molar-refractivity contribution in [2.45, 2.75) is 41.5 Å². The van der Waals surface area contributed by atoms with E-state index < -0.39 is 0 Å². The average molecular weight is 305 g/mol. The van der Waals surface area contributed by atoms with Crippen LogP contribution in [0.15, 0.2) is 39.5 Å². The van der Waals surface area contributed by atoms with Gasteiger partial charge in [-0.3, -0.25) is 6.08 Å². The van der Waals surface area contributed by atoms with E-state index in [2.05, 4.69) is 53.7 Å². The van der Waals surface area contributed by atoms with Gasteiger partial charge in [-0.1, -0.05) is 50.8 Å². The molecule has 2 rings (SSSR count). The van der Waals surface area contributed by atoms with Crippen molar-refractivity contribution in [3.05, 3.63) is 45.6 Å². The predicted octanol–water partition coefficient (Wildman–Crippen LogP) is 4.61. The molecule has 1 heteroatoms. The molecule has 2 atom stereocenters. The van der Waals surface area contributed by atoms with E-state index in [1.165, 1.54) is 33.4 Å². The smallest absolute Gasteiger partial charge is 0 e. The molecule has 0 saturated carbocycles. The van der Waals surface area contributed by atoms with E-state index in [0.29, 0.717) is 11.8 Å². The fraction of sp³-hybridized carbons (Fsp3) is 0.500. The van der Waals surface area contributed by atoms with Gasteiger partial charge in [-0.15, -0.1) is 5.57 Å². The molecule has 0 aliphatic heterocycles. The molecule has 0 aromatic rings. The largest absolute Gasteiger partial charge is 0.266 e. The molecule has 0 spiro atoms. The van der Waals surface area contributed by atoms with E-state index in [1.54, 1.807) is 0 Å². The monoisotopic (exact) mass is 303 g/mol. The SMILES string of the molecule is CC1=[C-]C(C)C(C)=C1C1=C(C)C(C)=CC1C.[Zr]. The Balaban J connectivity index is 0.00000144. The average Bonchev–Trinajstić information content (AvgIpc) is 2.57. The first-order valence-corrected chi connectivity index (χ1v) is 6.14. The predicted molar refractivity (Wildman–Crippen MR) is 69.9 cm³/mol. The van der Waals surface area contributed by atoms with Crippen molar-refractivity contribution in [3.63, 3.8) is 0 Å². The molecule has 2 aliphatic rings. The van der Waals surface area contributed by atoms with Crippen LogP contribution in [0.4, 0.5) is 0 Å². The Kier molecular flexibility index (Phi) is 4.58.